The van der Waals surface area contributed by atoms with E-state index in [0.717, 1.165) is 5.76 Å². The van der Waals surface area contributed by atoms with Crippen LogP contribution in [0.15, 0.2) is 12.0 Å². The number of carbonyl (C=O) groups is 1. The smallest absolute Gasteiger partial charge is 0.226 e. The minimum atomic E-state index is 0.0202. The molecule has 50 valence electrons. The molecule has 0 saturated carbocycles. The Labute approximate surface area is 53.9 Å². The molecule has 0 bridgehead atoms. The van der Waals surface area contributed by atoms with E-state index in [9.17, 15) is 4.79 Å². The zero-order valence-corrected chi connectivity index (χ0v) is 5.55. The first kappa shape index (κ1) is 6.13. The van der Waals surface area contributed by atoms with Crippen molar-refractivity contribution in [2.75, 3.05) is 6.73 Å². The Bertz CT molecular complexity index is 162. The molecule has 0 saturated heterocycles. The first-order valence-corrected chi connectivity index (χ1v) is 2.78. The van der Waals surface area contributed by atoms with Crippen LogP contribution < -0.4 is 0 Å². The van der Waals surface area contributed by atoms with Crippen LogP contribution in [0.5, 0.6) is 0 Å². The first-order valence-electron chi connectivity index (χ1n) is 2.78. The second kappa shape index (κ2) is 2.09. The Morgan fingerprint density at radius 2 is 2.56 bits per heavy atom. The molecule has 0 N–H and O–H groups in total. The summed E-state index contributed by atoms with van der Waals surface area (Å²) >= 11 is 0. The number of hydrogen-bond donors (Lipinski definition) is 0. The largest absolute Gasteiger partial charge is 0.476 e. The molecule has 0 aromatic heterocycles. The van der Waals surface area contributed by atoms with Gasteiger partial charge in [0.2, 0.25) is 5.91 Å². The lowest BCUT2D eigenvalue weighted by Gasteiger charge is -2.05. The molecule has 0 aliphatic carbocycles. The number of rotatable bonds is 0. The van der Waals surface area contributed by atoms with Gasteiger partial charge in [0.1, 0.15) is 5.76 Å². The highest BCUT2D eigenvalue weighted by molar-refractivity contribution is 5.74. The van der Waals surface area contributed by atoms with Gasteiger partial charge < -0.3 is 4.74 Å². The standard InChI is InChI=1S/C6H9NO2/c1-5-3-7(4-9-5)6(2)8/h3H,4H2,1-2H3. The molecular formula is C6H9NO2. The minimum absolute atomic E-state index is 0.0202. The molecule has 0 aromatic carbocycles. The van der Waals surface area contributed by atoms with Gasteiger partial charge in [0.05, 0.1) is 0 Å². The van der Waals surface area contributed by atoms with E-state index in [2.05, 4.69) is 0 Å². The molecule has 0 fully saturated rings. The lowest BCUT2D eigenvalue weighted by atomic mass is 10.6. The third-order valence-corrected chi connectivity index (χ3v) is 1.17. The van der Waals surface area contributed by atoms with Gasteiger partial charge in [-0.25, -0.2) is 0 Å². The zero-order chi connectivity index (χ0) is 6.85. The summed E-state index contributed by atoms with van der Waals surface area (Å²) in [4.78, 5) is 12.1. The molecule has 0 radical (unpaired) electrons. The van der Waals surface area contributed by atoms with E-state index in [4.69, 9.17) is 4.74 Å². The zero-order valence-electron chi connectivity index (χ0n) is 5.55. The molecule has 1 rings (SSSR count). The van der Waals surface area contributed by atoms with Gasteiger partial charge in [-0.15, -0.1) is 0 Å². The topological polar surface area (TPSA) is 29.5 Å². The van der Waals surface area contributed by atoms with Crippen LogP contribution in [0, 0.1) is 0 Å². The molecule has 0 spiro atoms. The van der Waals surface area contributed by atoms with Crippen molar-refractivity contribution in [3.05, 3.63) is 12.0 Å². The monoisotopic (exact) mass is 127 g/mol. The minimum Gasteiger partial charge on any atom is -0.476 e. The van der Waals surface area contributed by atoms with E-state index >= 15 is 0 Å². The van der Waals surface area contributed by atoms with Gasteiger partial charge in [-0.05, 0) is 6.92 Å². The van der Waals surface area contributed by atoms with Gasteiger partial charge in [-0.1, -0.05) is 0 Å². The fourth-order valence-corrected chi connectivity index (χ4v) is 0.647. The van der Waals surface area contributed by atoms with Gasteiger partial charge >= 0.3 is 0 Å². The molecule has 0 unspecified atom stereocenters. The summed E-state index contributed by atoms with van der Waals surface area (Å²) in [5.74, 6) is 0.817. The predicted molar refractivity (Wildman–Crippen MR) is 32.2 cm³/mol. The highest BCUT2D eigenvalue weighted by atomic mass is 16.5. The molecule has 0 atom stereocenters. The van der Waals surface area contributed by atoms with Crippen LogP contribution in [0.2, 0.25) is 0 Å². The molecule has 1 amide bonds. The molecule has 9 heavy (non-hydrogen) atoms. The highest BCUT2D eigenvalue weighted by Gasteiger charge is 2.12. The first-order chi connectivity index (χ1) is 4.20. The summed E-state index contributed by atoms with van der Waals surface area (Å²) in [5.41, 5.74) is 0. The van der Waals surface area contributed by atoms with Crippen molar-refractivity contribution in [1.29, 1.82) is 0 Å². The highest BCUT2D eigenvalue weighted by Crippen LogP contribution is 2.08. The molecule has 3 heteroatoms. The molecule has 1 aliphatic rings. The molecule has 3 nitrogen and oxygen atoms in total. The maximum atomic E-state index is 10.6. The van der Waals surface area contributed by atoms with Crippen molar-refractivity contribution >= 4 is 5.91 Å². The van der Waals surface area contributed by atoms with E-state index in [-0.39, 0.29) is 5.91 Å². The molecular weight excluding hydrogens is 118 g/mol. The Balaban J connectivity index is 2.57. The van der Waals surface area contributed by atoms with Crippen LogP contribution in [0.25, 0.3) is 0 Å². The van der Waals surface area contributed by atoms with Crippen molar-refractivity contribution in [3.63, 3.8) is 0 Å². The normalized spacial score (nSPS) is 17.1. The maximum absolute atomic E-state index is 10.6. The van der Waals surface area contributed by atoms with Crippen LogP contribution >= 0.6 is 0 Å². The summed E-state index contributed by atoms with van der Waals surface area (Å²) in [6.07, 6.45) is 1.70. The van der Waals surface area contributed by atoms with E-state index in [1.54, 1.807) is 6.20 Å². The summed E-state index contributed by atoms with van der Waals surface area (Å²) in [6.45, 7) is 3.71. The second-order valence-corrected chi connectivity index (χ2v) is 2.00. The summed E-state index contributed by atoms with van der Waals surface area (Å²) in [6, 6.07) is 0. The summed E-state index contributed by atoms with van der Waals surface area (Å²) in [5, 5.41) is 0. The number of nitrogens with zero attached hydrogens (tertiary/aromatic N) is 1. The molecule has 1 aliphatic heterocycles. The van der Waals surface area contributed by atoms with Gasteiger partial charge in [0, 0.05) is 13.1 Å². The van der Waals surface area contributed by atoms with Crippen LogP contribution in [-0.2, 0) is 9.53 Å². The van der Waals surface area contributed by atoms with Crippen LogP contribution in [0.4, 0.5) is 0 Å². The van der Waals surface area contributed by atoms with E-state index in [1.165, 1.54) is 11.8 Å². The van der Waals surface area contributed by atoms with Crippen LogP contribution in [0.1, 0.15) is 13.8 Å². The average molecular weight is 127 g/mol. The van der Waals surface area contributed by atoms with Crippen molar-refractivity contribution in [3.8, 4) is 0 Å². The van der Waals surface area contributed by atoms with E-state index < -0.39 is 0 Å². The Morgan fingerprint density at radius 1 is 1.89 bits per heavy atom. The van der Waals surface area contributed by atoms with E-state index in [1.807, 2.05) is 6.92 Å². The van der Waals surface area contributed by atoms with Gasteiger partial charge in [-0.3, -0.25) is 9.69 Å². The van der Waals surface area contributed by atoms with Gasteiger partial charge in [-0.2, -0.15) is 0 Å². The third-order valence-electron chi connectivity index (χ3n) is 1.17. The van der Waals surface area contributed by atoms with Crippen molar-refractivity contribution in [2.24, 2.45) is 0 Å². The second-order valence-electron chi connectivity index (χ2n) is 2.00. The lowest BCUT2D eigenvalue weighted by molar-refractivity contribution is -0.127. The predicted octanol–water partition coefficient (Wildman–Crippen LogP) is 0.684. The number of ether oxygens (including phenoxy) is 1. The lowest BCUT2D eigenvalue weighted by Crippen LogP contribution is -2.20. The summed E-state index contributed by atoms with van der Waals surface area (Å²) < 4.78 is 4.99. The third kappa shape index (κ3) is 1.22. The van der Waals surface area contributed by atoms with Crippen LogP contribution in [-0.4, -0.2) is 17.5 Å². The van der Waals surface area contributed by atoms with Gasteiger partial charge in [0.25, 0.3) is 0 Å². The number of hydrogen-bond acceptors (Lipinski definition) is 2. The van der Waals surface area contributed by atoms with Crippen molar-refractivity contribution in [2.45, 2.75) is 13.8 Å². The fraction of sp³-hybridized carbons (Fsp3) is 0.500. The molecule has 1 heterocycles. The van der Waals surface area contributed by atoms with Crippen molar-refractivity contribution in [1.82, 2.24) is 4.90 Å². The van der Waals surface area contributed by atoms with Crippen molar-refractivity contribution < 1.29 is 9.53 Å². The number of amides is 1. The van der Waals surface area contributed by atoms with E-state index in [0.29, 0.717) is 6.73 Å². The Hall–Kier alpha value is -0.990. The average Bonchev–Trinajstić information content (AvgIpc) is 2.14. The number of carbonyl (C=O) groups excluding carboxylic acids is 1. The number of allylic oxidation sites excluding steroid dienone is 1. The Kier molecular flexibility index (Phi) is 1.42. The fourth-order valence-electron chi connectivity index (χ4n) is 0.647. The van der Waals surface area contributed by atoms with Gasteiger partial charge in [0.15, 0.2) is 6.73 Å². The quantitative estimate of drug-likeness (QED) is 0.479. The SMILES string of the molecule is CC(=O)N1C=C(C)OC1. The Morgan fingerprint density at radius 3 is 2.78 bits per heavy atom. The molecule has 0 aromatic rings. The summed E-state index contributed by atoms with van der Waals surface area (Å²) in [7, 11) is 0. The maximum Gasteiger partial charge on any atom is 0.226 e. The van der Waals surface area contributed by atoms with Crippen LogP contribution in [0.3, 0.4) is 0 Å².